The molecule has 3 aliphatic rings. The van der Waals surface area contributed by atoms with Gasteiger partial charge in [-0.25, -0.2) is 4.79 Å². The number of ether oxygens (including phenoxy) is 2. The van der Waals surface area contributed by atoms with Crippen molar-refractivity contribution < 1.29 is 14.3 Å². The lowest BCUT2D eigenvalue weighted by Crippen LogP contribution is -2.54. The van der Waals surface area contributed by atoms with Crippen LogP contribution in [-0.2, 0) is 4.74 Å². The van der Waals surface area contributed by atoms with E-state index in [4.69, 9.17) is 9.47 Å². The van der Waals surface area contributed by atoms with Crippen molar-refractivity contribution in [2.24, 2.45) is 11.8 Å². The van der Waals surface area contributed by atoms with E-state index in [0.29, 0.717) is 18.3 Å². The molecule has 3 fully saturated rings. The number of para-hydroxylation sites is 1. The second-order valence-electron chi connectivity index (χ2n) is 7.76. The molecule has 1 N–H and O–H groups in total. The molecular weight excluding hydrogens is 352 g/mol. The van der Waals surface area contributed by atoms with Gasteiger partial charge in [0.2, 0.25) is 0 Å². The predicted molar refractivity (Wildman–Crippen MR) is 110 cm³/mol. The van der Waals surface area contributed by atoms with E-state index in [1.165, 1.54) is 12.8 Å². The number of amides is 1. The van der Waals surface area contributed by atoms with Crippen LogP contribution in [0.5, 0.6) is 11.5 Å². The average Bonchev–Trinajstić information content (AvgIpc) is 2.75. The summed E-state index contributed by atoms with van der Waals surface area (Å²) in [5.41, 5.74) is 0.696. The van der Waals surface area contributed by atoms with Crippen molar-refractivity contribution in [2.75, 3.05) is 25.0 Å². The van der Waals surface area contributed by atoms with Gasteiger partial charge in [0.05, 0.1) is 0 Å². The summed E-state index contributed by atoms with van der Waals surface area (Å²) in [4.78, 5) is 14.7. The van der Waals surface area contributed by atoms with Crippen LogP contribution >= 0.6 is 0 Å². The number of hydrogen-bond acceptors (Lipinski definition) is 4. The number of rotatable bonds is 6. The standard InChI is InChI=1S/C23H28N2O3/c1-2-17-15-25-13-12-18(17)14-20(25)16-27-23(26)24-19-8-10-22(11-9-19)28-21-6-4-3-5-7-21/h3-11,17-18,20H,2,12-16H2,1H3,(H,24,26). The number of carbonyl (C=O) groups is 1. The van der Waals surface area contributed by atoms with E-state index in [2.05, 4.69) is 17.1 Å². The van der Waals surface area contributed by atoms with Gasteiger partial charge >= 0.3 is 6.09 Å². The first-order valence-corrected chi connectivity index (χ1v) is 10.2. The topological polar surface area (TPSA) is 50.8 Å². The molecule has 3 heterocycles. The first kappa shape index (κ1) is 18.8. The van der Waals surface area contributed by atoms with Gasteiger partial charge in [0, 0.05) is 18.3 Å². The highest BCUT2D eigenvalue weighted by atomic mass is 16.5. The first-order valence-electron chi connectivity index (χ1n) is 10.2. The van der Waals surface area contributed by atoms with Gasteiger partial charge < -0.3 is 9.47 Å². The molecule has 2 aromatic carbocycles. The maximum absolute atomic E-state index is 12.2. The van der Waals surface area contributed by atoms with Gasteiger partial charge in [-0.05, 0) is 67.6 Å². The Hall–Kier alpha value is -2.53. The molecule has 5 heteroatoms. The van der Waals surface area contributed by atoms with Gasteiger partial charge in [0.1, 0.15) is 18.1 Å². The summed E-state index contributed by atoms with van der Waals surface area (Å²) >= 11 is 0. The van der Waals surface area contributed by atoms with Crippen LogP contribution in [0.25, 0.3) is 0 Å². The smallest absolute Gasteiger partial charge is 0.411 e. The lowest BCUT2D eigenvalue weighted by atomic mass is 9.75. The highest BCUT2D eigenvalue weighted by molar-refractivity contribution is 5.84. The van der Waals surface area contributed by atoms with Crippen LogP contribution in [-0.4, -0.2) is 36.7 Å². The van der Waals surface area contributed by atoms with E-state index in [0.717, 1.165) is 42.8 Å². The van der Waals surface area contributed by atoms with Crippen molar-refractivity contribution in [3.63, 3.8) is 0 Å². The molecule has 0 aliphatic carbocycles. The third kappa shape index (κ3) is 4.47. The molecule has 0 saturated carbocycles. The van der Waals surface area contributed by atoms with Crippen molar-refractivity contribution in [1.29, 1.82) is 0 Å². The lowest BCUT2D eigenvalue weighted by molar-refractivity contribution is -0.0240. The second-order valence-corrected chi connectivity index (χ2v) is 7.76. The number of fused-ring (bicyclic) bond motifs is 3. The zero-order valence-electron chi connectivity index (χ0n) is 16.3. The Balaban J connectivity index is 1.24. The van der Waals surface area contributed by atoms with Crippen LogP contribution in [0, 0.1) is 11.8 Å². The minimum absolute atomic E-state index is 0.369. The Morgan fingerprint density at radius 1 is 1.11 bits per heavy atom. The van der Waals surface area contributed by atoms with Crippen LogP contribution in [0.2, 0.25) is 0 Å². The summed E-state index contributed by atoms with van der Waals surface area (Å²) in [5, 5.41) is 2.80. The maximum Gasteiger partial charge on any atom is 0.411 e. The number of nitrogens with zero attached hydrogens (tertiary/aromatic N) is 1. The molecule has 0 spiro atoms. The normalized spacial score (nSPS) is 25.9. The van der Waals surface area contributed by atoms with Crippen LogP contribution in [0.1, 0.15) is 26.2 Å². The molecule has 0 radical (unpaired) electrons. The van der Waals surface area contributed by atoms with Crippen LogP contribution in [0.4, 0.5) is 10.5 Å². The van der Waals surface area contributed by atoms with Crippen molar-refractivity contribution in [1.82, 2.24) is 4.90 Å². The molecule has 5 nitrogen and oxygen atoms in total. The molecule has 148 valence electrons. The summed E-state index contributed by atoms with van der Waals surface area (Å²) in [5.74, 6) is 3.12. The fourth-order valence-corrected chi connectivity index (χ4v) is 4.44. The third-order valence-electron chi connectivity index (χ3n) is 6.02. The van der Waals surface area contributed by atoms with Crippen molar-refractivity contribution in [3.05, 3.63) is 54.6 Å². The summed E-state index contributed by atoms with van der Waals surface area (Å²) in [6.07, 6.45) is 3.29. The Morgan fingerprint density at radius 3 is 2.54 bits per heavy atom. The summed E-state index contributed by atoms with van der Waals surface area (Å²) in [6.45, 7) is 5.04. The molecule has 1 amide bonds. The Labute approximate surface area is 166 Å². The van der Waals surface area contributed by atoms with Crippen molar-refractivity contribution >= 4 is 11.8 Å². The molecular formula is C23H28N2O3. The Kier molecular flexibility index (Phi) is 5.81. The second kappa shape index (κ2) is 8.65. The predicted octanol–water partition coefficient (Wildman–Crippen LogP) is 5.15. The SMILES string of the molecule is CCC1CN2CCC1CC2COC(=O)Nc1ccc(Oc2ccccc2)cc1. The fraction of sp³-hybridized carbons (Fsp3) is 0.435. The number of hydrogen-bond donors (Lipinski definition) is 1. The number of anilines is 1. The van der Waals surface area contributed by atoms with E-state index < -0.39 is 6.09 Å². The third-order valence-corrected chi connectivity index (χ3v) is 6.02. The minimum atomic E-state index is -0.397. The minimum Gasteiger partial charge on any atom is -0.457 e. The lowest BCUT2D eigenvalue weighted by Gasteiger charge is -2.49. The van der Waals surface area contributed by atoms with E-state index >= 15 is 0 Å². The summed E-state index contributed by atoms with van der Waals surface area (Å²) in [7, 11) is 0. The van der Waals surface area contributed by atoms with E-state index in [9.17, 15) is 4.79 Å². The van der Waals surface area contributed by atoms with Crippen molar-refractivity contribution in [3.8, 4) is 11.5 Å². The zero-order valence-corrected chi connectivity index (χ0v) is 16.3. The quantitative estimate of drug-likeness (QED) is 0.753. The van der Waals surface area contributed by atoms with E-state index in [-0.39, 0.29) is 0 Å². The number of carbonyl (C=O) groups excluding carboxylic acids is 1. The fourth-order valence-electron chi connectivity index (χ4n) is 4.44. The van der Waals surface area contributed by atoms with Crippen molar-refractivity contribution in [2.45, 2.75) is 32.2 Å². The van der Waals surface area contributed by atoms with Gasteiger partial charge in [-0.3, -0.25) is 10.2 Å². The molecule has 28 heavy (non-hydrogen) atoms. The molecule has 4 atom stereocenters. The number of nitrogens with one attached hydrogen (secondary N) is 1. The van der Waals surface area contributed by atoms with Crippen LogP contribution < -0.4 is 10.1 Å². The van der Waals surface area contributed by atoms with Gasteiger partial charge in [0.25, 0.3) is 0 Å². The van der Waals surface area contributed by atoms with Gasteiger partial charge in [0.15, 0.2) is 0 Å². The largest absolute Gasteiger partial charge is 0.457 e. The molecule has 0 aromatic heterocycles. The monoisotopic (exact) mass is 380 g/mol. The van der Waals surface area contributed by atoms with Gasteiger partial charge in [-0.1, -0.05) is 31.5 Å². The highest BCUT2D eigenvalue weighted by Crippen LogP contribution is 2.37. The molecule has 2 bridgehead atoms. The number of benzene rings is 2. The molecule has 2 aromatic rings. The Morgan fingerprint density at radius 2 is 1.86 bits per heavy atom. The maximum atomic E-state index is 12.2. The van der Waals surface area contributed by atoms with Gasteiger partial charge in [-0.15, -0.1) is 0 Å². The van der Waals surface area contributed by atoms with E-state index in [1.807, 2.05) is 54.6 Å². The number of piperidine rings is 3. The molecule has 3 saturated heterocycles. The summed E-state index contributed by atoms with van der Waals surface area (Å²) < 4.78 is 11.3. The highest BCUT2D eigenvalue weighted by Gasteiger charge is 2.39. The summed E-state index contributed by atoms with van der Waals surface area (Å²) in [6, 6.07) is 17.3. The molecule has 5 rings (SSSR count). The Bertz CT molecular complexity index is 778. The van der Waals surface area contributed by atoms with Crippen LogP contribution in [0.3, 0.4) is 0 Å². The van der Waals surface area contributed by atoms with E-state index in [1.54, 1.807) is 0 Å². The average molecular weight is 380 g/mol. The molecule has 4 unspecified atom stereocenters. The van der Waals surface area contributed by atoms with Crippen LogP contribution in [0.15, 0.2) is 54.6 Å². The van der Waals surface area contributed by atoms with Gasteiger partial charge in [-0.2, -0.15) is 0 Å². The first-order chi connectivity index (χ1) is 13.7. The molecule has 3 aliphatic heterocycles. The zero-order chi connectivity index (χ0) is 19.3.